The molecule has 2 aliphatic rings. The molecule has 0 spiro atoms. The van der Waals surface area contributed by atoms with Crippen LogP contribution in [0.15, 0.2) is 46.8 Å². The second-order valence-electron chi connectivity index (χ2n) is 7.87. The number of aryl methyl sites for hydroxylation is 1. The lowest BCUT2D eigenvalue weighted by molar-refractivity contribution is -0.123. The molecule has 1 aromatic carbocycles. The number of halogens is 1. The molecule has 0 fully saturated rings. The number of hydrogen-bond donors (Lipinski definition) is 1. The van der Waals surface area contributed by atoms with Crippen LogP contribution in [0.5, 0.6) is 0 Å². The van der Waals surface area contributed by atoms with Gasteiger partial charge in [0.05, 0.1) is 12.3 Å². The lowest BCUT2D eigenvalue weighted by Gasteiger charge is -2.20. The number of fused-ring (bicyclic) bond motifs is 3. The molecule has 164 valence electrons. The van der Waals surface area contributed by atoms with E-state index >= 15 is 0 Å². The van der Waals surface area contributed by atoms with Crippen molar-refractivity contribution in [2.45, 2.75) is 32.2 Å². The molecule has 2 aromatic heterocycles. The number of nitrogens with one attached hydrogen (secondary N) is 1. The maximum absolute atomic E-state index is 13.1. The minimum absolute atomic E-state index is 0.00503. The predicted octanol–water partition coefficient (Wildman–Crippen LogP) is 4.84. The van der Waals surface area contributed by atoms with Crippen molar-refractivity contribution in [3.63, 3.8) is 0 Å². The van der Waals surface area contributed by atoms with Crippen LogP contribution in [-0.4, -0.2) is 30.6 Å². The zero-order chi connectivity index (χ0) is 22.1. The number of hydrogen-bond acceptors (Lipinski definition) is 5. The van der Waals surface area contributed by atoms with Crippen LogP contribution in [0, 0.1) is 0 Å². The van der Waals surface area contributed by atoms with Crippen molar-refractivity contribution >= 4 is 56.8 Å². The second kappa shape index (κ2) is 9.17. The second-order valence-corrected chi connectivity index (χ2v) is 10.4. The Bertz CT molecular complexity index is 1200. The molecule has 0 unspecified atom stereocenters. The van der Waals surface area contributed by atoms with Crippen molar-refractivity contribution in [3.8, 4) is 0 Å². The van der Waals surface area contributed by atoms with Gasteiger partial charge in [-0.3, -0.25) is 19.5 Å². The van der Waals surface area contributed by atoms with E-state index in [4.69, 9.17) is 16.6 Å². The topological polar surface area (TPSA) is 61.8 Å². The number of amides is 2. The van der Waals surface area contributed by atoms with Gasteiger partial charge in [0.25, 0.3) is 0 Å². The quantitative estimate of drug-likeness (QED) is 0.564. The van der Waals surface area contributed by atoms with Crippen LogP contribution < -0.4 is 10.2 Å². The van der Waals surface area contributed by atoms with Gasteiger partial charge in [-0.15, -0.1) is 22.7 Å². The van der Waals surface area contributed by atoms with Gasteiger partial charge in [-0.25, -0.2) is 0 Å². The highest BCUT2D eigenvalue weighted by Crippen LogP contribution is 2.43. The van der Waals surface area contributed by atoms with Crippen molar-refractivity contribution in [1.29, 1.82) is 0 Å². The number of carbonyl (C=O) groups is 2. The molecule has 1 aliphatic carbocycles. The molecular weight excluding hydrogens is 462 g/mol. The van der Waals surface area contributed by atoms with Crippen LogP contribution in [0.25, 0.3) is 0 Å². The van der Waals surface area contributed by atoms with Crippen molar-refractivity contribution in [1.82, 2.24) is 5.32 Å². The lowest BCUT2D eigenvalue weighted by atomic mass is 9.91. The Hall–Kier alpha value is -2.48. The van der Waals surface area contributed by atoms with Crippen molar-refractivity contribution in [3.05, 3.63) is 73.2 Å². The highest BCUT2D eigenvalue weighted by atomic mass is 35.5. The molecule has 0 saturated carbocycles. The van der Waals surface area contributed by atoms with E-state index in [-0.39, 0.29) is 24.9 Å². The van der Waals surface area contributed by atoms with Gasteiger partial charge >= 0.3 is 0 Å². The van der Waals surface area contributed by atoms with E-state index in [2.05, 4.69) is 5.32 Å². The number of rotatable bonds is 5. The SMILES string of the molecule is O=C(CN1C(=O)CN=C(c2ccccc2Cl)c2c1sc1c2CCCC1)NCc1cccs1. The van der Waals surface area contributed by atoms with Gasteiger partial charge in [0, 0.05) is 25.9 Å². The molecule has 0 saturated heterocycles. The maximum Gasteiger partial charge on any atom is 0.249 e. The molecule has 3 heterocycles. The largest absolute Gasteiger partial charge is 0.350 e. The fourth-order valence-electron chi connectivity index (χ4n) is 4.24. The third kappa shape index (κ3) is 4.12. The van der Waals surface area contributed by atoms with E-state index in [1.807, 2.05) is 41.8 Å². The van der Waals surface area contributed by atoms with Crippen molar-refractivity contribution in [2.75, 3.05) is 18.0 Å². The molecule has 1 aliphatic heterocycles. The first kappa shape index (κ1) is 21.4. The molecule has 1 N–H and O–H groups in total. The van der Waals surface area contributed by atoms with Crippen molar-refractivity contribution in [2.24, 2.45) is 4.99 Å². The minimum atomic E-state index is -0.176. The smallest absolute Gasteiger partial charge is 0.249 e. The van der Waals surface area contributed by atoms with Crippen molar-refractivity contribution < 1.29 is 9.59 Å². The summed E-state index contributed by atoms with van der Waals surface area (Å²) in [7, 11) is 0. The average Bonchev–Trinajstić information content (AvgIpc) is 3.43. The molecule has 0 bridgehead atoms. The van der Waals surface area contributed by atoms with E-state index in [0.717, 1.165) is 52.4 Å². The van der Waals surface area contributed by atoms with Crippen LogP contribution in [0.1, 0.15) is 39.3 Å². The third-order valence-corrected chi connectivity index (χ3v) is 8.30. The number of carbonyl (C=O) groups excluding carboxylic acids is 2. The molecular formula is C24H22ClN3O2S2. The molecule has 8 heteroatoms. The van der Waals surface area contributed by atoms with Gasteiger partial charge in [0.2, 0.25) is 11.8 Å². The van der Waals surface area contributed by atoms with Gasteiger partial charge in [-0.05, 0) is 48.8 Å². The fraction of sp³-hybridized carbons (Fsp3) is 0.292. The summed E-state index contributed by atoms with van der Waals surface area (Å²) in [5.41, 5.74) is 3.83. The number of aliphatic imine (C=N–C) groups is 1. The number of anilines is 1. The van der Waals surface area contributed by atoms with E-state index in [1.54, 1.807) is 27.6 Å². The van der Waals surface area contributed by atoms with Crippen LogP contribution in [0.3, 0.4) is 0 Å². The standard InChI is InChI=1S/C24H22ClN3O2S2/c25-18-9-3-1-7-16(18)23-22-17-8-2-4-10-19(17)32-24(22)28(21(30)13-27-23)14-20(29)26-12-15-6-5-11-31-15/h1,3,5-7,9,11H,2,4,8,10,12-14H2,(H,26,29). The molecule has 3 aromatic rings. The first-order valence-electron chi connectivity index (χ1n) is 10.7. The van der Waals surface area contributed by atoms with Crippen LogP contribution in [0.4, 0.5) is 5.00 Å². The van der Waals surface area contributed by atoms with E-state index in [1.165, 1.54) is 10.4 Å². The third-order valence-electron chi connectivity index (χ3n) is 5.78. The van der Waals surface area contributed by atoms with Crippen LogP contribution in [0.2, 0.25) is 5.02 Å². The summed E-state index contributed by atoms with van der Waals surface area (Å²) in [5, 5.41) is 6.36. The van der Waals surface area contributed by atoms with Gasteiger partial charge in [-0.2, -0.15) is 0 Å². The van der Waals surface area contributed by atoms with Gasteiger partial charge in [0.15, 0.2) is 0 Å². The van der Waals surface area contributed by atoms with Gasteiger partial charge in [-0.1, -0.05) is 35.9 Å². The summed E-state index contributed by atoms with van der Waals surface area (Å²) >= 11 is 9.76. The van der Waals surface area contributed by atoms with E-state index in [9.17, 15) is 9.59 Å². The Morgan fingerprint density at radius 2 is 2.00 bits per heavy atom. The molecule has 32 heavy (non-hydrogen) atoms. The summed E-state index contributed by atoms with van der Waals surface area (Å²) in [6.45, 7) is 0.449. The Balaban J connectivity index is 1.51. The normalized spacial score (nSPS) is 15.6. The molecule has 2 amide bonds. The first-order valence-corrected chi connectivity index (χ1v) is 12.7. The zero-order valence-electron chi connectivity index (χ0n) is 17.4. The fourth-order valence-corrected chi connectivity index (χ4v) is 6.52. The van der Waals surface area contributed by atoms with Gasteiger partial charge < -0.3 is 5.32 Å². The number of benzene rings is 1. The Morgan fingerprint density at radius 3 is 2.81 bits per heavy atom. The summed E-state index contributed by atoms with van der Waals surface area (Å²) in [5.74, 6) is -0.344. The summed E-state index contributed by atoms with van der Waals surface area (Å²) in [6, 6.07) is 11.6. The number of thiophene rings is 2. The first-order chi connectivity index (χ1) is 15.6. The van der Waals surface area contributed by atoms with E-state index in [0.29, 0.717) is 11.6 Å². The Kier molecular flexibility index (Phi) is 6.13. The maximum atomic E-state index is 13.1. The average molecular weight is 484 g/mol. The van der Waals surface area contributed by atoms with E-state index < -0.39 is 0 Å². The molecule has 5 rings (SSSR count). The summed E-state index contributed by atoms with van der Waals surface area (Å²) in [4.78, 5) is 34.6. The Labute approximate surface area is 199 Å². The minimum Gasteiger partial charge on any atom is -0.350 e. The lowest BCUT2D eigenvalue weighted by Crippen LogP contribution is -2.41. The summed E-state index contributed by atoms with van der Waals surface area (Å²) < 4.78 is 0. The molecule has 0 radical (unpaired) electrons. The number of nitrogens with zero attached hydrogens (tertiary/aromatic N) is 2. The highest BCUT2D eigenvalue weighted by Gasteiger charge is 2.33. The monoisotopic (exact) mass is 483 g/mol. The molecule has 0 atom stereocenters. The van der Waals surface area contributed by atoms with Crippen LogP contribution >= 0.6 is 34.3 Å². The zero-order valence-corrected chi connectivity index (χ0v) is 19.8. The molecule has 5 nitrogen and oxygen atoms in total. The van der Waals surface area contributed by atoms with Crippen LogP contribution in [-0.2, 0) is 29.0 Å². The summed E-state index contributed by atoms with van der Waals surface area (Å²) in [6.07, 6.45) is 4.20. The van der Waals surface area contributed by atoms with Gasteiger partial charge in [0.1, 0.15) is 18.1 Å². The predicted molar refractivity (Wildman–Crippen MR) is 131 cm³/mol. The Morgan fingerprint density at radius 1 is 1.16 bits per heavy atom. The highest BCUT2D eigenvalue weighted by molar-refractivity contribution is 7.17.